The van der Waals surface area contributed by atoms with Crippen molar-refractivity contribution in [2.45, 2.75) is 20.3 Å². The van der Waals surface area contributed by atoms with Gasteiger partial charge in [0.15, 0.2) is 0 Å². The Morgan fingerprint density at radius 3 is 2.79 bits per heavy atom. The molecule has 0 fully saturated rings. The minimum atomic E-state index is -0.183. The number of likely N-dealkylation sites (N-methyl/N-ethyl adjacent to an activating group) is 1. The maximum Gasteiger partial charge on any atom is 0.271 e. The van der Waals surface area contributed by atoms with Crippen molar-refractivity contribution < 1.29 is 4.79 Å². The summed E-state index contributed by atoms with van der Waals surface area (Å²) in [5.74, 6) is 0.456. The molecular formula is C13H23N5O. The van der Waals surface area contributed by atoms with Crippen molar-refractivity contribution in [3.8, 4) is 0 Å². The molecule has 1 aromatic heterocycles. The first-order chi connectivity index (χ1) is 9.17. The van der Waals surface area contributed by atoms with Gasteiger partial charge in [0, 0.05) is 19.6 Å². The van der Waals surface area contributed by atoms with Crippen LogP contribution in [-0.2, 0) is 0 Å². The number of anilines is 1. The zero-order chi connectivity index (χ0) is 14.1. The van der Waals surface area contributed by atoms with Crippen LogP contribution < -0.4 is 10.6 Å². The molecule has 0 atom stereocenters. The van der Waals surface area contributed by atoms with Gasteiger partial charge < -0.3 is 15.5 Å². The van der Waals surface area contributed by atoms with Crippen LogP contribution in [0.5, 0.6) is 0 Å². The van der Waals surface area contributed by atoms with Gasteiger partial charge >= 0.3 is 0 Å². The molecule has 0 bridgehead atoms. The number of carbonyl (C=O) groups excluding carboxylic acids is 1. The number of amides is 1. The predicted molar refractivity (Wildman–Crippen MR) is 76.3 cm³/mol. The number of hydrogen-bond acceptors (Lipinski definition) is 5. The summed E-state index contributed by atoms with van der Waals surface area (Å²) in [6.07, 6.45) is 4.11. The van der Waals surface area contributed by atoms with E-state index in [0.29, 0.717) is 18.1 Å². The Morgan fingerprint density at radius 1 is 1.32 bits per heavy atom. The molecule has 19 heavy (non-hydrogen) atoms. The molecule has 0 radical (unpaired) electrons. The lowest BCUT2D eigenvalue weighted by Crippen LogP contribution is -2.33. The zero-order valence-electron chi connectivity index (χ0n) is 11.9. The molecule has 1 rings (SSSR count). The Hall–Kier alpha value is -1.69. The monoisotopic (exact) mass is 265 g/mol. The van der Waals surface area contributed by atoms with Crippen LogP contribution >= 0.6 is 0 Å². The molecule has 6 heteroatoms. The van der Waals surface area contributed by atoms with E-state index in [0.717, 1.165) is 26.1 Å². The van der Waals surface area contributed by atoms with Gasteiger partial charge in [-0.1, -0.05) is 13.8 Å². The lowest BCUT2D eigenvalue weighted by Gasteiger charge is -2.13. The summed E-state index contributed by atoms with van der Waals surface area (Å²) in [6, 6.07) is 0. The van der Waals surface area contributed by atoms with Crippen LogP contribution in [-0.4, -0.2) is 54.0 Å². The maximum atomic E-state index is 11.9. The molecule has 6 nitrogen and oxygen atoms in total. The van der Waals surface area contributed by atoms with Crippen LogP contribution in [0.2, 0.25) is 0 Å². The van der Waals surface area contributed by atoms with Gasteiger partial charge in [0.05, 0.1) is 12.4 Å². The van der Waals surface area contributed by atoms with E-state index in [-0.39, 0.29) is 5.91 Å². The van der Waals surface area contributed by atoms with Gasteiger partial charge in [-0.3, -0.25) is 9.78 Å². The van der Waals surface area contributed by atoms with Crippen LogP contribution in [0.25, 0.3) is 0 Å². The van der Waals surface area contributed by atoms with E-state index >= 15 is 0 Å². The van der Waals surface area contributed by atoms with Crippen LogP contribution in [0.1, 0.15) is 30.8 Å². The van der Waals surface area contributed by atoms with E-state index in [1.807, 2.05) is 7.05 Å². The highest BCUT2D eigenvalue weighted by Crippen LogP contribution is 2.02. The van der Waals surface area contributed by atoms with Crippen LogP contribution in [0, 0.1) is 0 Å². The smallest absolute Gasteiger partial charge is 0.271 e. The summed E-state index contributed by atoms with van der Waals surface area (Å²) < 4.78 is 0. The van der Waals surface area contributed by atoms with Crippen molar-refractivity contribution in [1.82, 2.24) is 20.2 Å². The highest BCUT2D eigenvalue weighted by molar-refractivity contribution is 5.92. The summed E-state index contributed by atoms with van der Waals surface area (Å²) >= 11 is 0. The minimum absolute atomic E-state index is 0.183. The molecule has 0 aliphatic rings. The van der Waals surface area contributed by atoms with Crippen molar-refractivity contribution in [3.63, 3.8) is 0 Å². The van der Waals surface area contributed by atoms with Crippen molar-refractivity contribution in [2.75, 3.05) is 38.5 Å². The topological polar surface area (TPSA) is 70.2 Å². The first kappa shape index (κ1) is 15.4. The van der Waals surface area contributed by atoms with Gasteiger partial charge in [0.1, 0.15) is 11.5 Å². The van der Waals surface area contributed by atoms with Gasteiger partial charge in [-0.05, 0) is 20.0 Å². The summed E-state index contributed by atoms with van der Waals surface area (Å²) in [5, 5.41) is 5.95. The summed E-state index contributed by atoms with van der Waals surface area (Å²) in [5.41, 5.74) is 0.347. The largest absolute Gasteiger partial charge is 0.369 e. The van der Waals surface area contributed by atoms with E-state index in [2.05, 4.69) is 39.3 Å². The number of rotatable bonds is 8. The highest BCUT2D eigenvalue weighted by Gasteiger charge is 2.08. The third kappa shape index (κ3) is 5.65. The average molecular weight is 265 g/mol. The van der Waals surface area contributed by atoms with Gasteiger partial charge in [0.25, 0.3) is 5.91 Å². The van der Waals surface area contributed by atoms with Gasteiger partial charge in [0.2, 0.25) is 0 Å². The average Bonchev–Trinajstić information content (AvgIpc) is 2.45. The Morgan fingerprint density at radius 2 is 2.11 bits per heavy atom. The third-order valence-corrected chi connectivity index (χ3v) is 2.74. The Balaban J connectivity index is 2.47. The van der Waals surface area contributed by atoms with Crippen molar-refractivity contribution in [1.29, 1.82) is 0 Å². The fourth-order valence-corrected chi connectivity index (χ4v) is 1.42. The van der Waals surface area contributed by atoms with Crippen molar-refractivity contribution in [2.24, 2.45) is 0 Å². The van der Waals surface area contributed by atoms with Crippen LogP contribution in [0.3, 0.4) is 0 Å². The molecule has 1 amide bonds. The summed E-state index contributed by atoms with van der Waals surface area (Å²) in [7, 11) is 2.02. The Labute approximate surface area is 114 Å². The lowest BCUT2D eigenvalue weighted by molar-refractivity contribution is 0.0945. The second kappa shape index (κ2) is 8.42. The summed E-state index contributed by atoms with van der Waals surface area (Å²) in [6.45, 7) is 7.37. The van der Waals surface area contributed by atoms with Crippen molar-refractivity contribution in [3.05, 3.63) is 18.1 Å². The third-order valence-electron chi connectivity index (χ3n) is 2.74. The molecule has 0 spiro atoms. The highest BCUT2D eigenvalue weighted by atomic mass is 16.1. The summed E-state index contributed by atoms with van der Waals surface area (Å²) in [4.78, 5) is 22.3. The molecule has 106 valence electrons. The molecule has 2 N–H and O–H groups in total. The van der Waals surface area contributed by atoms with Crippen LogP contribution in [0.15, 0.2) is 12.4 Å². The fourth-order valence-electron chi connectivity index (χ4n) is 1.42. The zero-order valence-corrected chi connectivity index (χ0v) is 11.9. The van der Waals surface area contributed by atoms with E-state index in [1.54, 1.807) is 6.20 Å². The van der Waals surface area contributed by atoms with Gasteiger partial charge in [-0.25, -0.2) is 4.98 Å². The second-order valence-electron chi connectivity index (χ2n) is 4.37. The Kier molecular flexibility index (Phi) is 6.81. The van der Waals surface area contributed by atoms with Crippen LogP contribution in [0.4, 0.5) is 5.82 Å². The van der Waals surface area contributed by atoms with Gasteiger partial charge in [-0.15, -0.1) is 0 Å². The molecule has 0 aliphatic carbocycles. The first-order valence-corrected chi connectivity index (χ1v) is 6.70. The number of nitrogens with one attached hydrogen (secondary N) is 2. The van der Waals surface area contributed by atoms with E-state index in [4.69, 9.17) is 0 Å². The molecule has 0 aromatic carbocycles. The second-order valence-corrected chi connectivity index (χ2v) is 4.37. The van der Waals surface area contributed by atoms with Crippen molar-refractivity contribution >= 4 is 11.7 Å². The number of carbonyl (C=O) groups is 1. The molecule has 1 heterocycles. The molecule has 0 aliphatic heterocycles. The van der Waals surface area contributed by atoms with E-state index in [9.17, 15) is 4.79 Å². The molecular weight excluding hydrogens is 242 g/mol. The Bertz CT molecular complexity index is 396. The van der Waals surface area contributed by atoms with E-state index < -0.39 is 0 Å². The number of nitrogens with zero attached hydrogens (tertiary/aromatic N) is 3. The van der Waals surface area contributed by atoms with E-state index in [1.165, 1.54) is 6.20 Å². The number of aromatic nitrogens is 2. The molecule has 0 saturated carbocycles. The van der Waals surface area contributed by atoms with Gasteiger partial charge in [-0.2, -0.15) is 0 Å². The normalized spacial score (nSPS) is 10.5. The maximum absolute atomic E-state index is 11.9. The first-order valence-electron chi connectivity index (χ1n) is 6.70. The minimum Gasteiger partial charge on any atom is -0.369 e. The number of hydrogen-bond donors (Lipinski definition) is 2. The standard InChI is InChI=1S/C13H23N5O/c1-4-6-15-12-10-14-9-11(17-12)13(19)16-7-8-18(3)5-2/h9-10H,4-8H2,1-3H3,(H,15,17)(H,16,19). The predicted octanol–water partition coefficient (Wildman–Crippen LogP) is 0.980. The SMILES string of the molecule is CCCNc1cncc(C(=O)NCCN(C)CC)n1. The molecule has 0 unspecified atom stereocenters. The molecule has 1 aromatic rings. The fraction of sp³-hybridized carbons (Fsp3) is 0.615. The lowest BCUT2D eigenvalue weighted by atomic mass is 10.4. The quantitative estimate of drug-likeness (QED) is 0.733. The molecule has 0 saturated heterocycles.